The van der Waals surface area contributed by atoms with E-state index in [4.69, 9.17) is 11.5 Å². The number of nitrogens with zero attached hydrogens (tertiary/aromatic N) is 2. The number of hydrogen-bond donors (Lipinski definition) is 3. The van der Waals surface area contributed by atoms with Crippen LogP contribution in [0.3, 0.4) is 0 Å². The van der Waals surface area contributed by atoms with Gasteiger partial charge in [0.05, 0.1) is 0 Å². The summed E-state index contributed by atoms with van der Waals surface area (Å²) in [6.07, 6.45) is 14.1. The van der Waals surface area contributed by atoms with Crippen LogP contribution in [0.5, 0.6) is 0 Å². The smallest absolute Gasteiger partial charge is 0.195 e. The topological polar surface area (TPSA) is 88.8 Å². The number of aliphatic imine (C=N–C) groups is 2. The normalized spacial score (nSPS) is 17.7. The standard InChI is InChI=1S/C17H35N5/c1-2-3-4-5-6-10-13-20-16(18)22-17(19)21-14-15-11-8-7-9-12-15/h15H,2-14H2,1H3,(H5,18,19,20,21,22). The predicted molar refractivity (Wildman–Crippen MR) is 96.1 cm³/mol. The van der Waals surface area contributed by atoms with Crippen molar-refractivity contribution in [3.05, 3.63) is 0 Å². The van der Waals surface area contributed by atoms with Crippen LogP contribution >= 0.6 is 0 Å². The minimum atomic E-state index is 0.387. The van der Waals surface area contributed by atoms with Gasteiger partial charge in [0.25, 0.3) is 0 Å². The van der Waals surface area contributed by atoms with Gasteiger partial charge >= 0.3 is 0 Å². The van der Waals surface area contributed by atoms with Gasteiger partial charge in [-0.05, 0) is 25.2 Å². The molecular formula is C17H35N5. The molecule has 0 atom stereocenters. The van der Waals surface area contributed by atoms with Crippen molar-refractivity contribution in [2.24, 2.45) is 27.4 Å². The van der Waals surface area contributed by atoms with E-state index in [9.17, 15) is 0 Å². The molecule has 0 saturated heterocycles. The quantitative estimate of drug-likeness (QED) is 0.347. The fourth-order valence-corrected chi connectivity index (χ4v) is 2.90. The minimum Gasteiger partial charge on any atom is -0.370 e. The highest BCUT2D eigenvalue weighted by Crippen LogP contribution is 2.23. The Kier molecular flexibility index (Phi) is 10.5. The zero-order valence-electron chi connectivity index (χ0n) is 14.3. The maximum Gasteiger partial charge on any atom is 0.195 e. The molecule has 0 heterocycles. The minimum absolute atomic E-state index is 0.387. The Balaban J connectivity index is 2.10. The molecule has 5 heteroatoms. The van der Waals surface area contributed by atoms with Crippen molar-refractivity contribution < 1.29 is 0 Å². The summed E-state index contributed by atoms with van der Waals surface area (Å²) in [4.78, 5) is 8.69. The second-order valence-electron chi connectivity index (χ2n) is 6.39. The molecule has 128 valence electrons. The van der Waals surface area contributed by atoms with Crippen molar-refractivity contribution in [2.75, 3.05) is 13.1 Å². The summed E-state index contributed by atoms with van der Waals surface area (Å²) < 4.78 is 0. The zero-order valence-corrected chi connectivity index (χ0v) is 14.3. The van der Waals surface area contributed by atoms with Gasteiger partial charge in [0.1, 0.15) is 0 Å². The fraction of sp³-hybridized carbons (Fsp3) is 0.882. The van der Waals surface area contributed by atoms with Crippen LogP contribution in [-0.4, -0.2) is 25.0 Å². The molecule has 22 heavy (non-hydrogen) atoms. The summed E-state index contributed by atoms with van der Waals surface area (Å²) in [5.74, 6) is 1.48. The Labute approximate surface area is 136 Å². The van der Waals surface area contributed by atoms with Crippen LogP contribution in [0.1, 0.15) is 77.6 Å². The second-order valence-corrected chi connectivity index (χ2v) is 6.39. The highest BCUT2D eigenvalue weighted by molar-refractivity contribution is 5.96. The van der Waals surface area contributed by atoms with Gasteiger partial charge in [-0.3, -0.25) is 15.3 Å². The van der Waals surface area contributed by atoms with E-state index in [2.05, 4.69) is 22.2 Å². The first-order valence-corrected chi connectivity index (χ1v) is 9.09. The number of unbranched alkanes of at least 4 members (excludes halogenated alkanes) is 5. The number of rotatable bonds is 9. The average molecular weight is 310 g/mol. The van der Waals surface area contributed by atoms with E-state index < -0.39 is 0 Å². The molecule has 0 aliphatic heterocycles. The maximum absolute atomic E-state index is 5.86. The second kappa shape index (κ2) is 12.3. The van der Waals surface area contributed by atoms with Crippen LogP contribution < -0.4 is 16.8 Å². The molecule has 0 aromatic heterocycles. The summed E-state index contributed by atoms with van der Waals surface area (Å²) in [5, 5.41) is 2.89. The molecule has 1 aliphatic rings. The van der Waals surface area contributed by atoms with Crippen molar-refractivity contribution in [1.29, 1.82) is 0 Å². The van der Waals surface area contributed by atoms with Crippen LogP contribution in [0.15, 0.2) is 9.98 Å². The van der Waals surface area contributed by atoms with Crippen LogP contribution in [0.25, 0.3) is 0 Å². The van der Waals surface area contributed by atoms with Gasteiger partial charge in [0, 0.05) is 13.1 Å². The molecule has 0 aromatic carbocycles. The third-order valence-electron chi connectivity index (χ3n) is 4.29. The molecule has 0 unspecified atom stereocenters. The molecular weight excluding hydrogens is 274 g/mol. The Morgan fingerprint density at radius 3 is 2.27 bits per heavy atom. The van der Waals surface area contributed by atoms with Crippen molar-refractivity contribution in [1.82, 2.24) is 5.32 Å². The van der Waals surface area contributed by atoms with Crippen molar-refractivity contribution in [3.8, 4) is 0 Å². The molecule has 0 amide bonds. The molecule has 0 bridgehead atoms. The highest BCUT2D eigenvalue weighted by atomic mass is 15.2. The Bertz CT molecular complexity index is 332. The van der Waals surface area contributed by atoms with E-state index in [1.807, 2.05) is 0 Å². The molecule has 0 aromatic rings. The zero-order chi connectivity index (χ0) is 16.0. The number of nitrogens with one attached hydrogen (secondary N) is 1. The van der Waals surface area contributed by atoms with E-state index in [1.54, 1.807) is 0 Å². The number of hydrogen-bond acceptors (Lipinski definition) is 2. The molecule has 1 fully saturated rings. The van der Waals surface area contributed by atoms with Crippen LogP contribution in [0.4, 0.5) is 0 Å². The molecule has 1 aliphatic carbocycles. The van der Waals surface area contributed by atoms with Gasteiger partial charge in [0.2, 0.25) is 0 Å². The van der Waals surface area contributed by atoms with Crippen molar-refractivity contribution in [2.45, 2.75) is 77.6 Å². The first-order chi connectivity index (χ1) is 10.7. The van der Waals surface area contributed by atoms with Crippen LogP contribution in [0, 0.1) is 5.92 Å². The van der Waals surface area contributed by atoms with Crippen molar-refractivity contribution >= 4 is 11.9 Å². The number of nitrogens with two attached hydrogens (primary N) is 2. The average Bonchev–Trinajstić information content (AvgIpc) is 2.53. The lowest BCUT2D eigenvalue weighted by molar-refractivity contribution is 0.367. The molecule has 1 rings (SSSR count). The Morgan fingerprint density at radius 1 is 0.909 bits per heavy atom. The van der Waals surface area contributed by atoms with E-state index in [0.29, 0.717) is 17.8 Å². The van der Waals surface area contributed by atoms with E-state index in [-0.39, 0.29) is 0 Å². The van der Waals surface area contributed by atoms with E-state index in [0.717, 1.165) is 19.5 Å². The van der Waals surface area contributed by atoms with Crippen LogP contribution in [0.2, 0.25) is 0 Å². The molecule has 0 radical (unpaired) electrons. The van der Waals surface area contributed by atoms with Crippen molar-refractivity contribution in [3.63, 3.8) is 0 Å². The molecule has 5 nitrogen and oxygen atoms in total. The SMILES string of the molecule is CCCCCCCCN=C(N)NC(N)=NCC1CCCCC1. The molecule has 1 saturated carbocycles. The summed E-state index contributed by atoms with van der Waals surface area (Å²) >= 11 is 0. The Morgan fingerprint density at radius 2 is 1.55 bits per heavy atom. The van der Waals surface area contributed by atoms with Gasteiger partial charge < -0.3 is 11.5 Å². The predicted octanol–water partition coefficient (Wildman–Crippen LogP) is 3.15. The van der Waals surface area contributed by atoms with E-state index in [1.165, 1.54) is 64.2 Å². The Hall–Kier alpha value is -1.26. The van der Waals surface area contributed by atoms with Gasteiger partial charge in [-0.25, -0.2) is 0 Å². The number of guanidine groups is 2. The lowest BCUT2D eigenvalue weighted by Gasteiger charge is -2.19. The summed E-state index contributed by atoms with van der Waals surface area (Å²) in [7, 11) is 0. The first kappa shape index (κ1) is 18.8. The summed E-state index contributed by atoms with van der Waals surface area (Å²) in [5.41, 5.74) is 11.7. The van der Waals surface area contributed by atoms with Gasteiger partial charge in [-0.2, -0.15) is 0 Å². The third kappa shape index (κ3) is 9.64. The largest absolute Gasteiger partial charge is 0.370 e. The lowest BCUT2D eigenvalue weighted by Crippen LogP contribution is -2.42. The van der Waals surface area contributed by atoms with Gasteiger partial charge in [-0.1, -0.05) is 58.3 Å². The highest BCUT2D eigenvalue weighted by Gasteiger charge is 2.12. The van der Waals surface area contributed by atoms with Gasteiger partial charge in [0.15, 0.2) is 11.9 Å². The van der Waals surface area contributed by atoms with E-state index >= 15 is 0 Å². The molecule has 0 spiro atoms. The summed E-state index contributed by atoms with van der Waals surface area (Å²) in [6.45, 7) is 3.81. The monoisotopic (exact) mass is 309 g/mol. The fourth-order valence-electron chi connectivity index (χ4n) is 2.90. The lowest BCUT2D eigenvalue weighted by atomic mass is 9.89. The maximum atomic E-state index is 5.86. The summed E-state index contributed by atoms with van der Waals surface area (Å²) in [6, 6.07) is 0. The molecule has 5 N–H and O–H groups in total. The first-order valence-electron chi connectivity index (χ1n) is 9.09. The third-order valence-corrected chi connectivity index (χ3v) is 4.29. The van der Waals surface area contributed by atoms with Gasteiger partial charge in [-0.15, -0.1) is 0 Å². The van der Waals surface area contributed by atoms with Crippen LogP contribution in [-0.2, 0) is 0 Å².